The molecule has 1 saturated carbocycles. The summed E-state index contributed by atoms with van der Waals surface area (Å²) in [6.07, 6.45) is 4.65. The van der Waals surface area contributed by atoms with E-state index < -0.39 is 0 Å². The second-order valence-electron chi connectivity index (χ2n) is 5.16. The van der Waals surface area contributed by atoms with Crippen molar-refractivity contribution in [1.82, 2.24) is 0 Å². The fourth-order valence-corrected chi connectivity index (χ4v) is 2.97. The zero-order valence-electron chi connectivity index (χ0n) is 10.6. The second kappa shape index (κ2) is 5.83. The van der Waals surface area contributed by atoms with Crippen LogP contribution in [0, 0.1) is 17.7 Å². The molecule has 0 heterocycles. The molecule has 0 amide bonds. The molecule has 1 fully saturated rings. The van der Waals surface area contributed by atoms with Crippen LogP contribution in [0.5, 0.6) is 0 Å². The Labute approximate surface area is 112 Å². The smallest absolute Gasteiger partial charge is 0.140 e. The molecular weight excluding hydrogens is 251 g/mol. The number of carbonyl (C=O) groups is 1. The van der Waals surface area contributed by atoms with E-state index in [0.29, 0.717) is 17.4 Å². The molecule has 2 rings (SSSR count). The third-order valence-corrected chi connectivity index (χ3v) is 4.31. The van der Waals surface area contributed by atoms with Crippen molar-refractivity contribution in [1.29, 1.82) is 0 Å². The number of rotatable bonds is 4. The van der Waals surface area contributed by atoms with Gasteiger partial charge in [0.25, 0.3) is 0 Å². The Kier molecular flexibility index (Phi) is 4.39. The molecule has 0 bridgehead atoms. The van der Waals surface area contributed by atoms with Crippen molar-refractivity contribution in [2.75, 3.05) is 0 Å². The van der Waals surface area contributed by atoms with Crippen LogP contribution in [-0.2, 0) is 11.2 Å². The molecule has 0 N–H and O–H groups in total. The van der Waals surface area contributed by atoms with E-state index in [1.54, 1.807) is 6.07 Å². The van der Waals surface area contributed by atoms with E-state index in [1.807, 2.05) is 0 Å². The highest BCUT2D eigenvalue weighted by molar-refractivity contribution is 6.31. The van der Waals surface area contributed by atoms with Crippen LogP contribution in [0.4, 0.5) is 4.39 Å². The number of hydrogen-bond acceptors (Lipinski definition) is 1. The van der Waals surface area contributed by atoms with Crippen LogP contribution in [0.25, 0.3) is 0 Å². The van der Waals surface area contributed by atoms with Gasteiger partial charge in [0.2, 0.25) is 0 Å². The van der Waals surface area contributed by atoms with Gasteiger partial charge in [0, 0.05) is 17.4 Å². The molecule has 98 valence electrons. The van der Waals surface area contributed by atoms with Crippen LogP contribution in [0.1, 0.15) is 38.2 Å². The van der Waals surface area contributed by atoms with Gasteiger partial charge in [0.1, 0.15) is 11.6 Å². The van der Waals surface area contributed by atoms with Gasteiger partial charge >= 0.3 is 0 Å². The summed E-state index contributed by atoms with van der Waals surface area (Å²) >= 11 is 5.94. The average molecular weight is 269 g/mol. The molecule has 1 nitrogen and oxygen atoms in total. The number of Topliss-reactive ketones (excluding diaryl/α,β-unsaturated/α-hetero) is 1. The highest BCUT2D eigenvalue weighted by atomic mass is 35.5. The van der Waals surface area contributed by atoms with Crippen molar-refractivity contribution in [2.24, 2.45) is 11.8 Å². The number of benzene rings is 1. The first-order valence-electron chi connectivity index (χ1n) is 6.56. The summed E-state index contributed by atoms with van der Waals surface area (Å²) < 4.78 is 12.9. The molecule has 2 atom stereocenters. The highest BCUT2D eigenvalue weighted by Gasteiger charge is 2.28. The lowest BCUT2D eigenvalue weighted by Gasteiger charge is -2.10. The standard InChI is InChI=1S/C15H18ClFO/c1-2-10-3-4-12(7-10)15(18)8-11-5-6-13(17)9-14(11)16/h5-6,9-10,12H,2-4,7-8H2,1H3. The maximum atomic E-state index is 12.9. The molecule has 1 aliphatic rings. The molecule has 0 aliphatic heterocycles. The molecule has 1 aliphatic carbocycles. The van der Waals surface area contributed by atoms with Crippen LogP contribution in [0.15, 0.2) is 18.2 Å². The summed E-state index contributed by atoms with van der Waals surface area (Å²) in [5.74, 6) is 0.765. The Morgan fingerprint density at radius 2 is 2.22 bits per heavy atom. The minimum Gasteiger partial charge on any atom is -0.299 e. The third kappa shape index (κ3) is 3.11. The lowest BCUT2D eigenvalue weighted by Crippen LogP contribution is -2.14. The molecule has 0 saturated heterocycles. The van der Waals surface area contributed by atoms with Crippen LogP contribution in [0.3, 0.4) is 0 Å². The topological polar surface area (TPSA) is 17.1 Å². The lowest BCUT2D eigenvalue weighted by atomic mass is 9.95. The largest absolute Gasteiger partial charge is 0.299 e. The molecule has 0 radical (unpaired) electrons. The van der Waals surface area contributed by atoms with Crippen molar-refractivity contribution >= 4 is 17.4 Å². The van der Waals surface area contributed by atoms with E-state index in [1.165, 1.54) is 12.1 Å². The molecule has 0 spiro atoms. The monoisotopic (exact) mass is 268 g/mol. The van der Waals surface area contributed by atoms with Crippen molar-refractivity contribution in [3.8, 4) is 0 Å². The Morgan fingerprint density at radius 1 is 1.44 bits per heavy atom. The summed E-state index contributed by atoms with van der Waals surface area (Å²) in [4.78, 5) is 12.2. The van der Waals surface area contributed by atoms with E-state index >= 15 is 0 Å². The van der Waals surface area contributed by atoms with Gasteiger partial charge in [-0.15, -0.1) is 0 Å². The molecule has 3 heteroatoms. The maximum absolute atomic E-state index is 12.9. The summed E-state index contributed by atoms with van der Waals surface area (Å²) in [5, 5.41) is 0.355. The predicted molar refractivity (Wildman–Crippen MR) is 71.2 cm³/mol. The zero-order valence-corrected chi connectivity index (χ0v) is 11.3. The quantitative estimate of drug-likeness (QED) is 0.790. The second-order valence-corrected chi connectivity index (χ2v) is 5.57. The van der Waals surface area contributed by atoms with Crippen LogP contribution in [0.2, 0.25) is 5.02 Å². The first-order valence-corrected chi connectivity index (χ1v) is 6.94. The Morgan fingerprint density at radius 3 is 2.83 bits per heavy atom. The zero-order chi connectivity index (χ0) is 13.1. The van der Waals surface area contributed by atoms with Gasteiger partial charge in [-0.25, -0.2) is 4.39 Å². The molecule has 1 aromatic carbocycles. The van der Waals surface area contributed by atoms with Gasteiger partial charge in [-0.3, -0.25) is 4.79 Å². The van der Waals surface area contributed by atoms with E-state index in [-0.39, 0.29) is 17.5 Å². The van der Waals surface area contributed by atoms with Gasteiger partial charge < -0.3 is 0 Å². The number of hydrogen-bond donors (Lipinski definition) is 0. The van der Waals surface area contributed by atoms with Crippen LogP contribution >= 0.6 is 11.6 Å². The highest BCUT2D eigenvalue weighted by Crippen LogP contribution is 2.34. The van der Waals surface area contributed by atoms with E-state index in [0.717, 1.165) is 31.2 Å². The van der Waals surface area contributed by atoms with Gasteiger partial charge in [0.15, 0.2) is 0 Å². The fraction of sp³-hybridized carbons (Fsp3) is 0.533. The minimum atomic E-state index is -0.358. The SMILES string of the molecule is CCC1CCC(C(=O)Cc2ccc(F)cc2Cl)C1. The minimum absolute atomic E-state index is 0.177. The molecular formula is C15H18ClFO. The van der Waals surface area contributed by atoms with E-state index in [2.05, 4.69) is 6.92 Å². The van der Waals surface area contributed by atoms with Crippen LogP contribution < -0.4 is 0 Å². The van der Waals surface area contributed by atoms with Crippen molar-refractivity contribution in [3.63, 3.8) is 0 Å². The van der Waals surface area contributed by atoms with Gasteiger partial charge in [0.05, 0.1) is 0 Å². The fourth-order valence-electron chi connectivity index (χ4n) is 2.74. The average Bonchev–Trinajstić information content (AvgIpc) is 2.81. The van der Waals surface area contributed by atoms with Crippen molar-refractivity contribution in [2.45, 2.75) is 39.0 Å². The number of halogens is 2. The number of carbonyl (C=O) groups excluding carboxylic acids is 1. The summed E-state index contributed by atoms with van der Waals surface area (Å²) in [5.41, 5.74) is 0.739. The lowest BCUT2D eigenvalue weighted by molar-refractivity contribution is -0.122. The van der Waals surface area contributed by atoms with Gasteiger partial charge in [-0.2, -0.15) is 0 Å². The van der Waals surface area contributed by atoms with Crippen LogP contribution in [-0.4, -0.2) is 5.78 Å². The molecule has 1 aromatic rings. The molecule has 2 unspecified atom stereocenters. The number of ketones is 1. The summed E-state index contributed by atoms with van der Waals surface area (Å²) in [6.45, 7) is 2.17. The Hall–Kier alpha value is -0.890. The van der Waals surface area contributed by atoms with E-state index in [4.69, 9.17) is 11.6 Å². The van der Waals surface area contributed by atoms with Gasteiger partial charge in [-0.1, -0.05) is 31.0 Å². The summed E-state index contributed by atoms with van der Waals surface area (Å²) in [7, 11) is 0. The Balaban J connectivity index is 1.99. The van der Waals surface area contributed by atoms with E-state index in [9.17, 15) is 9.18 Å². The van der Waals surface area contributed by atoms with Crippen molar-refractivity contribution < 1.29 is 9.18 Å². The predicted octanol–water partition coefficient (Wildman–Crippen LogP) is 4.42. The maximum Gasteiger partial charge on any atom is 0.140 e. The first kappa shape index (κ1) is 13.5. The molecule has 0 aromatic heterocycles. The van der Waals surface area contributed by atoms with Crippen molar-refractivity contribution in [3.05, 3.63) is 34.6 Å². The first-order chi connectivity index (χ1) is 8.60. The van der Waals surface area contributed by atoms with Gasteiger partial charge in [-0.05, 0) is 42.9 Å². The molecule has 18 heavy (non-hydrogen) atoms. The third-order valence-electron chi connectivity index (χ3n) is 3.95. The normalized spacial score (nSPS) is 23.3. The Bertz CT molecular complexity index is 444. The summed E-state index contributed by atoms with van der Waals surface area (Å²) in [6, 6.07) is 4.24.